The molecule has 1 heterocycles. The van der Waals surface area contributed by atoms with Crippen molar-refractivity contribution < 1.29 is 4.79 Å². The number of carbonyl (C=O) groups excluding carboxylic acids is 1. The van der Waals surface area contributed by atoms with Crippen LogP contribution in [0.5, 0.6) is 0 Å². The minimum Gasteiger partial charge on any atom is -0.349 e. The van der Waals surface area contributed by atoms with Crippen molar-refractivity contribution >= 4 is 39.8 Å². The molecule has 1 amide bonds. The van der Waals surface area contributed by atoms with Crippen molar-refractivity contribution in [2.75, 3.05) is 0 Å². The third kappa shape index (κ3) is 2.42. The fraction of sp³-hybridized carbons (Fsp3) is 0.583. The van der Waals surface area contributed by atoms with E-state index in [0.717, 1.165) is 17.4 Å². The molecule has 0 atom stereocenters. The Morgan fingerprint density at radius 3 is 2.44 bits per heavy atom. The average molecular weight is 347 g/mol. The molecule has 1 aromatic heterocycles. The highest BCUT2D eigenvalue weighted by molar-refractivity contribution is 14.1. The third-order valence-electron chi connectivity index (χ3n) is 3.39. The van der Waals surface area contributed by atoms with Crippen LogP contribution in [-0.4, -0.2) is 11.9 Å². The van der Waals surface area contributed by atoms with Gasteiger partial charge in [-0.05, 0) is 66.2 Å². The van der Waals surface area contributed by atoms with E-state index in [9.17, 15) is 4.79 Å². The first-order valence-corrected chi connectivity index (χ1v) is 7.75. The fourth-order valence-electron chi connectivity index (χ4n) is 2.20. The van der Waals surface area contributed by atoms with Crippen molar-refractivity contribution in [2.45, 2.75) is 31.7 Å². The van der Waals surface area contributed by atoms with Crippen LogP contribution < -0.4 is 5.32 Å². The average Bonchev–Trinajstić information content (AvgIpc) is 3.14. The summed E-state index contributed by atoms with van der Waals surface area (Å²) in [5.41, 5.74) is 0.834. The van der Waals surface area contributed by atoms with Gasteiger partial charge in [-0.2, -0.15) is 0 Å². The molecule has 0 spiro atoms. The molecule has 1 aromatic rings. The minimum absolute atomic E-state index is 0.128. The molecule has 16 heavy (non-hydrogen) atoms. The summed E-state index contributed by atoms with van der Waals surface area (Å²) in [6.45, 7) is 0. The van der Waals surface area contributed by atoms with E-state index in [1.807, 2.05) is 11.4 Å². The number of nitrogens with one attached hydrogen (secondary N) is 1. The van der Waals surface area contributed by atoms with Gasteiger partial charge in [-0.15, -0.1) is 11.3 Å². The summed E-state index contributed by atoms with van der Waals surface area (Å²) in [4.78, 5) is 12.0. The summed E-state index contributed by atoms with van der Waals surface area (Å²) < 4.78 is 1.18. The lowest BCUT2D eigenvalue weighted by Crippen LogP contribution is -2.37. The standard InChI is InChI=1S/C12H14INOS/c13-10-5-9(6-16-10)12(15)14-11(7-1-2-7)8-3-4-8/h5-8,11H,1-4H2,(H,14,15). The first-order valence-electron chi connectivity index (χ1n) is 5.79. The van der Waals surface area contributed by atoms with Crippen LogP contribution in [0.25, 0.3) is 0 Å². The Morgan fingerprint density at radius 1 is 1.38 bits per heavy atom. The van der Waals surface area contributed by atoms with Gasteiger partial charge in [-0.25, -0.2) is 0 Å². The zero-order chi connectivity index (χ0) is 11.1. The van der Waals surface area contributed by atoms with Gasteiger partial charge in [0.25, 0.3) is 5.91 Å². The molecule has 2 saturated carbocycles. The smallest absolute Gasteiger partial charge is 0.252 e. The van der Waals surface area contributed by atoms with Crippen LogP contribution >= 0.6 is 33.9 Å². The van der Waals surface area contributed by atoms with Crippen molar-refractivity contribution in [1.82, 2.24) is 5.32 Å². The number of halogens is 1. The van der Waals surface area contributed by atoms with Gasteiger partial charge in [0.05, 0.1) is 8.45 Å². The first kappa shape index (κ1) is 11.0. The van der Waals surface area contributed by atoms with Gasteiger partial charge < -0.3 is 5.32 Å². The summed E-state index contributed by atoms with van der Waals surface area (Å²) >= 11 is 3.89. The Kier molecular flexibility index (Phi) is 2.96. The van der Waals surface area contributed by atoms with Crippen LogP contribution in [0.4, 0.5) is 0 Å². The van der Waals surface area contributed by atoms with Gasteiger partial charge in [-0.3, -0.25) is 4.79 Å². The quantitative estimate of drug-likeness (QED) is 0.833. The summed E-state index contributed by atoms with van der Waals surface area (Å²) in [5, 5.41) is 5.19. The van der Waals surface area contributed by atoms with Crippen molar-refractivity contribution in [2.24, 2.45) is 11.8 Å². The number of hydrogen-bond acceptors (Lipinski definition) is 2. The molecule has 0 aliphatic heterocycles. The number of carbonyl (C=O) groups is 1. The van der Waals surface area contributed by atoms with Crippen LogP contribution in [0.15, 0.2) is 11.4 Å². The van der Waals surface area contributed by atoms with Crippen LogP contribution in [0, 0.1) is 14.7 Å². The molecule has 3 rings (SSSR count). The van der Waals surface area contributed by atoms with Gasteiger partial charge in [0.15, 0.2) is 0 Å². The molecule has 2 nitrogen and oxygen atoms in total. The minimum atomic E-state index is 0.128. The zero-order valence-electron chi connectivity index (χ0n) is 8.91. The predicted molar refractivity (Wildman–Crippen MR) is 73.7 cm³/mol. The highest BCUT2D eigenvalue weighted by atomic mass is 127. The van der Waals surface area contributed by atoms with E-state index < -0.39 is 0 Å². The molecule has 1 N–H and O–H groups in total. The van der Waals surface area contributed by atoms with Gasteiger partial charge >= 0.3 is 0 Å². The van der Waals surface area contributed by atoms with E-state index in [-0.39, 0.29) is 5.91 Å². The Labute approximate surface area is 113 Å². The molecule has 2 aliphatic carbocycles. The van der Waals surface area contributed by atoms with Gasteiger partial charge in [-0.1, -0.05) is 0 Å². The molecule has 2 fully saturated rings. The SMILES string of the molecule is O=C(NC(C1CC1)C1CC1)c1csc(I)c1. The molecule has 0 bridgehead atoms. The van der Waals surface area contributed by atoms with Gasteiger partial charge in [0.2, 0.25) is 0 Å². The summed E-state index contributed by atoms with van der Waals surface area (Å²) in [6.07, 6.45) is 5.23. The van der Waals surface area contributed by atoms with Crippen LogP contribution in [0.1, 0.15) is 36.0 Å². The summed E-state index contributed by atoms with van der Waals surface area (Å²) in [7, 11) is 0. The summed E-state index contributed by atoms with van der Waals surface area (Å²) in [5.74, 6) is 1.67. The van der Waals surface area contributed by atoms with Crippen molar-refractivity contribution in [3.05, 3.63) is 19.9 Å². The van der Waals surface area contributed by atoms with E-state index in [1.165, 1.54) is 28.6 Å². The van der Waals surface area contributed by atoms with Crippen molar-refractivity contribution in [3.8, 4) is 0 Å². The molecule has 0 saturated heterocycles. The number of amides is 1. The van der Waals surface area contributed by atoms with Gasteiger partial charge in [0, 0.05) is 11.4 Å². The topological polar surface area (TPSA) is 29.1 Å². The molecule has 0 radical (unpaired) electrons. The van der Waals surface area contributed by atoms with Crippen LogP contribution in [0.2, 0.25) is 0 Å². The van der Waals surface area contributed by atoms with Crippen molar-refractivity contribution in [1.29, 1.82) is 0 Å². The van der Waals surface area contributed by atoms with E-state index in [4.69, 9.17) is 0 Å². The first-order chi connectivity index (χ1) is 7.74. The molecule has 4 heteroatoms. The van der Waals surface area contributed by atoms with Crippen molar-refractivity contribution in [3.63, 3.8) is 0 Å². The number of rotatable bonds is 4. The molecular weight excluding hydrogens is 333 g/mol. The highest BCUT2D eigenvalue weighted by Gasteiger charge is 2.42. The second kappa shape index (κ2) is 4.29. The Bertz CT molecular complexity index is 397. The lowest BCUT2D eigenvalue weighted by molar-refractivity contribution is 0.0927. The maximum Gasteiger partial charge on any atom is 0.252 e. The van der Waals surface area contributed by atoms with Gasteiger partial charge in [0.1, 0.15) is 0 Å². The maximum atomic E-state index is 12.0. The fourth-order valence-corrected chi connectivity index (χ4v) is 3.52. The van der Waals surface area contributed by atoms with E-state index in [0.29, 0.717) is 6.04 Å². The summed E-state index contributed by atoms with van der Waals surface area (Å²) in [6, 6.07) is 2.43. The van der Waals surface area contributed by atoms with E-state index in [2.05, 4.69) is 27.9 Å². The monoisotopic (exact) mass is 347 g/mol. The third-order valence-corrected chi connectivity index (χ3v) is 5.18. The van der Waals surface area contributed by atoms with E-state index in [1.54, 1.807) is 11.3 Å². The molecular formula is C12H14INOS. The normalized spacial score (nSPS) is 20.1. The number of thiophene rings is 1. The lowest BCUT2D eigenvalue weighted by atomic mass is 10.1. The molecule has 2 aliphatic rings. The van der Waals surface area contributed by atoms with Crippen LogP contribution in [-0.2, 0) is 0 Å². The second-order valence-electron chi connectivity index (χ2n) is 4.81. The zero-order valence-corrected chi connectivity index (χ0v) is 11.9. The highest BCUT2D eigenvalue weighted by Crippen LogP contribution is 2.44. The second-order valence-corrected chi connectivity index (χ2v) is 7.62. The van der Waals surface area contributed by atoms with E-state index >= 15 is 0 Å². The molecule has 0 unspecified atom stereocenters. The molecule has 86 valence electrons. The number of hydrogen-bond donors (Lipinski definition) is 1. The Balaban J connectivity index is 1.66. The largest absolute Gasteiger partial charge is 0.349 e. The predicted octanol–water partition coefficient (Wildman–Crippen LogP) is 3.27. The Morgan fingerprint density at radius 2 is 2.00 bits per heavy atom. The lowest BCUT2D eigenvalue weighted by Gasteiger charge is -2.16. The maximum absolute atomic E-state index is 12.0. The van der Waals surface area contributed by atoms with Crippen LogP contribution in [0.3, 0.4) is 0 Å². The Hall–Kier alpha value is -0.100. The molecule has 0 aromatic carbocycles.